The Balaban J connectivity index is 1.69. The molecule has 0 saturated heterocycles. The lowest BCUT2D eigenvalue weighted by Crippen LogP contribution is -2.24. The normalized spacial score (nSPS) is 11.1. The van der Waals surface area contributed by atoms with Crippen molar-refractivity contribution in [1.82, 2.24) is 9.71 Å². The third kappa shape index (κ3) is 5.56. The Morgan fingerprint density at radius 3 is 2.67 bits per heavy atom. The third-order valence-electron chi connectivity index (χ3n) is 4.12. The van der Waals surface area contributed by atoms with E-state index in [1.54, 1.807) is 30.5 Å². The molecule has 0 aliphatic rings. The van der Waals surface area contributed by atoms with Crippen LogP contribution >= 0.6 is 11.6 Å². The minimum atomic E-state index is -3.96. The van der Waals surface area contributed by atoms with Crippen LogP contribution in [0.25, 0.3) is 0 Å². The lowest BCUT2D eigenvalue weighted by Gasteiger charge is -2.11. The second-order valence-electron chi connectivity index (χ2n) is 6.22. The molecule has 3 rings (SSSR count). The maximum atomic E-state index is 12.7. The summed E-state index contributed by atoms with van der Waals surface area (Å²) in [6.45, 7) is 0.313. The van der Waals surface area contributed by atoms with E-state index in [1.165, 1.54) is 25.3 Å². The van der Waals surface area contributed by atoms with Gasteiger partial charge in [0.25, 0.3) is 0 Å². The number of hydrogen-bond donors (Lipinski definition) is 1. The zero-order chi connectivity index (χ0) is 21.6. The molecule has 7 nitrogen and oxygen atoms in total. The molecule has 30 heavy (non-hydrogen) atoms. The average Bonchev–Trinajstić information content (AvgIpc) is 2.77. The highest BCUT2D eigenvalue weighted by Gasteiger charge is 2.20. The Labute approximate surface area is 179 Å². The molecule has 156 valence electrons. The number of carbonyl (C=O) groups excluding carboxylic acids is 1. The van der Waals surface area contributed by atoms with E-state index >= 15 is 0 Å². The molecule has 3 aromatic rings. The summed E-state index contributed by atoms with van der Waals surface area (Å²) in [5.74, 6) is -0.0658. The molecule has 0 spiro atoms. The van der Waals surface area contributed by atoms with Crippen LogP contribution in [0.2, 0.25) is 5.02 Å². The molecular weight excluding hydrogens is 428 g/mol. The van der Waals surface area contributed by atoms with Crippen molar-refractivity contribution in [2.75, 3.05) is 7.11 Å². The lowest BCUT2D eigenvalue weighted by atomic mass is 10.2. The molecule has 1 heterocycles. The summed E-state index contributed by atoms with van der Waals surface area (Å²) in [5, 5.41) is 0.00241. The van der Waals surface area contributed by atoms with E-state index in [2.05, 4.69) is 14.4 Å². The number of benzene rings is 2. The number of methoxy groups -OCH3 is 1. The van der Waals surface area contributed by atoms with Crippen LogP contribution in [-0.2, 0) is 27.9 Å². The number of carbonyl (C=O) groups is 1. The number of ether oxygens (including phenoxy) is 2. The van der Waals surface area contributed by atoms with E-state index in [-0.39, 0.29) is 22.0 Å². The monoisotopic (exact) mass is 446 g/mol. The number of sulfonamides is 1. The van der Waals surface area contributed by atoms with Crippen LogP contribution in [0.1, 0.15) is 21.6 Å². The first-order chi connectivity index (χ1) is 14.4. The van der Waals surface area contributed by atoms with Gasteiger partial charge in [0.2, 0.25) is 10.0 Å². The topological polar surface area (TPSA) is 94.6 Å². The Bertz CT molecular complexity index is 1140. The SMILES string of the molecule is COC(=O)c1ccc(Cl)c(S(=O)(=O)NCc2cccc(OCc3ccccn3)c2)c1. The summed E-state index contributed by atoms with van der Waals surface area (Å²) in [6, 6.07) is 16.5. The second kappa shape index (κ2) is 9.71. The van der Waals surface area contributed by atoms with Gasteiger partial charge in [0.05, 0.1) is 23.4 Å². The van der Waals surface area contributed by atoms with Crippen LogP contribution < -0.4 is 9.46 Å². The Kier molecular flexibility index (Phi) is 7.04. The molecule has 2 aromatic carbocycles. The highest BCUT2D eigenvalue weighted by Crippen LogP contribution is 2.23. The van der Waals surface area contributed by atoms with Crippen LogP contribution in [0.15, 0.2) is 71.8 Å². The fraction of sp³-hybridized carbons (Fsp3) is 0.143. The Morgan fingerprint density at radius 1 is 1.10 bits per heavy atom. The van der Waals surface area contributed by atoms with Crippen molar-refractivity contribution in [3.63, 3.8) is 0 Å². The van der Waals surface area contributed by atoms with E-state index in [9.17, 15) is 13.2 Å². The van der Waals surface area contributed by atoms with Gasteiger partial charge in [-0.25, -0.2) is 17.9 Å². The van der Waals surface area contributed by atoms with Gasteiger partial charge in [-0.05, 0) is 48.0 Å². The molecule has 0 bridgehead atoms. The van der Waals surface area contributed by atoms with Crippen LogP contribution in [-0.4, -0.2) is 26.5 Å². The van der Waals surface area contributed by atoms with Gasteiger partial charge in [-0.2, -0.15) is 0 Å². The predicted molar refractivity (Wildman–Crippen MR) is 112 cm³/mol. The average molecular weight is 447 g/mol. The first-order valence-corrected chi connectivity index (χ1v) is 10.7. The van der Waals surface area contributed by atoms with Crippen LogP contribution in [0, 0.1) is 0 Å². The van der Waals surface area contributed by atoms with E-state index in [0.717, 1.165) is 5.69 Å². The van der Waals surface area contributed by atoms with E-state index in [1.807, 2.05) is 18.2 Å². The van der Waals surface area contributed by atoms with Crippen molar-refractivity contribution in [1.29, 1.82) is 0 Å². The summed E-state index contributed by atoms with van der Waals surface area (Å²) in [6.07, 6.45) is 1.68. The van der Waals surface area contributed by atoms with Gasteiger partial charge in [-0.15, -0.1) is 0 Å². The first kappa shape index (κ1) is 21.8. The zero-order valence-corrected chi connectivity index (χ0v) is 17.6. The predicted octanol–water partition coefficient (Wildman–Crippen LogP) is 3.58. The fourth-order valence-corrected chi connectivity index (χ4v) is 4.14. The molecule has 0 unspecified atom stereocenters. The van der Waals surface area contributed by atoms with E-state index in [0.29, 0.717) is 17.9 Å². The Morgan fingerprint density at radius 2 is 1.93 bits per heavy atom. The number of halogens is 1. The first-order valence-electron chi connectivity index (χ1n) is 8.88. The number of aromatic nitrogens is 1. The number of esters is 1. The lowest BCUT2D eigenvalue weighted by molar-refractivity contribution is 0.0600. The van der Waals surface area contributed by atoms with Crippen molar-refractivity contribution >= 4 is 27.6 Å². The molecular formula is C21H19ClN2O5S. The maximum Gasteiger partial charge on any atom is 0.337 e. The van der Waals surface area contributed by atoms with Crippen LogP contribution in [0.3, 0.4) is 0 Å². The van der Waals surface area contributed by atoms with Crippen molar-refractivity contribution in [3.8, 4) is 5.75 Å². The van der Waals surface area contributed by atoms with Gasteiger partial charge in [0.15, 0.2) is 0 Å². The number of pyridine rings is 1. The molecule has 0 saturated carbocycles. The maximum absolute atomic E-state index is 12.7. The molecule has 0 fully saturated rings. The highest BCUT2D eigenvalue weighted by molar-refractivity contribution is 7.89. The second-order valence-corrected chi connectivity index (χ2v) is 8.36. The van der Waals surface area contributed by atoms with Gasteiger partial charge in [0, 0.05) is 12.7 Å². The van der Waals surface area contributed by atoms with Gasteiger partial charge in [-0.3, -0.25) is 4.98 Å². The molecule has 0 amide bonds. The quantitative estimate of drug-likeness (QED) is 0.531. The molecule has 0 radical (unpaired) electrons. The van der Waals surface area contributed by atoms with Crippen LogP contribution in [0.5, 0.6) is 5.75 Å². The number of nitrogens with one attached hydrogen (secondary N) is 1. The Hall–Kier alpha value is -2.94. The molecule has 1 aromatic heterocycles. The van der Waals surface area contributed by atoms with Crippen molar-refractivity contribution in [2.24, 2.45) is 0 Å². The summed E-state index contributed by atoms with van der Waals surface area (Å²) in [7, 11) is -2.75. The van der Waals surface area contributed by atoms with E-state index in [4.69, 9.17) is 16.3 Å². The fourth-order valence-electron chi connectivity index (χ4n) is 2.60. The minimum absolute atomic E-state index is 0.00241. The summed E-state index contributed by atoms with van der Waals surface area (Å²) >= 11 is 6.04. The number of hydrogen-bond acceptors (Lipinski definition) is 6. The van der Waals surface area contributed by atoms with Gasteiger partial charge in [0.1, 0.15) is 17.3 Å². The molecule has 0 atom stereocenters. The van der Waals surface area contributed by atoms with Gasteiger partial charge < -0.3 is 9.47 Å². The highest BCUT2D eigenvalue weighted by atomic mass is 35.5. The smallest absolute Gasteiger partial charge is 0.337 e. The molecule has 9 heteroatoms. The van der Waals surface area contributed by atoms with Gasteiger partial charge >= 0.3 is 5.97 Å². The molecule has 0 aliphatic heterocycles. The molecule has 1 N–H and O–H groups in total. The number of rotatable bonds is 8. The van der Waals surface area contributed by atoms with Crippen molar-refractivity contribution < 1.29 is 22.7 Å². The van der Waals surface area contributed by atoms with Gasteiger partial charge in [-0.1, -0.05) is 29.8 Å². The number of nitrogens with zero attached hydrogens (tertiary/aromatic N) is 1. The van der Waals surface area contributed by atoms with Crippen molar-refractivity contribution in [3.05, 3.63) is 88.7 Å². The van der Waals surface area contributed by atoms with Crippen molar-refractivity contribution in [2.45, 2.75) is 18.0 Å². The summed E-state index contributed by atoms with van der Waals surface area (Å²) in [5.41, 5.74) is 1.56. The van der Waals surface area contributed by atoms with E-state index < -0.39 is 16.0 Å². The minimum Gasteiger partial charge on any atom is -0.487 e. The van der Waals surface area contributed by atoms with Crippen LogP contribution in [0.4, 0.5) is 0 Å². The third-order valence-corrected chi connectivity index (χ3v) is 6.00. The zero-order valence-electron chi connectivity index (χ0n) is 16.0. The standard InChI is InChI=1S/C21H19ClN2O5S/c1-28-21(25)16-8-9-19(22)20(12-16)30(26,27)24-13-15-5-4-7-18(11-15)29-14-17-6-2-3-10-23-17/h2-12,24H,13-14H2,1H3. The summed E-state index contributed by atoms with van der Waals surface area (Å²) < 4.78 is 38.2. The largest absolute Gasteiger partial charge is 0.487 e. The molecule has 0 aliphatic carbocycles. The summed E-state index contributed by atoms with van der Waals surface area (Å²) in [4.78, 5) is 15.7.